The molecule has 2 rings (SSSR count). The van der Waals surface area contributed by atoms with Gasteiger partial charge in [0.1, 0.15) is 5.54 Å². The molecule has 1 aliphatic heterocycles. The lowest BCUT2D eigenvalue weighted by molar-refractivity contribution is -0.127. The van der Waals surface area contributed by atoms with Gasteiger partial charge in [-0.15, -0.1) is 0 Å². The minimum atomic E-state index is -0.832. The van der Waals surface area contributed by atoms with Gasteiger partial charge in [-0.3, -0.25) is 14.5 Å². The molecule has 25 heavy (non-hydrogen) atoms. The summed E-state index contributed by atoms with van der Waals surface area (Å²) in [6, 6.07) is 7.84. The second-order valence-electron chi connectivity index (χ2n) is 7.01. The van der Waals surface area contributed by atoms with E-state index in [1.54, 1.807) is 4.90 Å². The van der Waals surface area contributed by atoms with Crippen molar-refractivity contribution in [1.29, 1.82) is 0 Å². The molecule has 1 aromatic rings. The number of anilines is 1. The van der Waals surface area contributed by atoms with Crippen molar-refractivity contribution in [1.82, 2.24) is 5.32 Å². The molecule has 0 spiro atoms. The van der Waals surface area contributed by atoms with Crippen LogP contribution in [0.3, 0.4) is 0 Å². The Hall–Kier alpha value is -1.88. The second kappa shape index (κ2) is 8.48. The number of nitrogens with zero attached hydrogens (tertiary/aromatic N) is 1. The largest absolute Gasteiger partial charge is 0.379 e. The number of aryl methyl sites for hydroxylation is 1. The third-order valence-electron chi connectivity index (χ3n) is 4.73. The molecule has 5 heteroatoms. The Bertz CT molecular complexity index is 615. The minimum absolute atomic E-state index is 0.0155. The number of hydrogen-bond donors (Lipinski definition) is 1. The zero-order valence-electron chi connectivity index (χ0n) is 15.8. The molecule has 1 fully saturated rings. The average molecular weight is 346 g/mol. The van der Waals surface area contributed by atoms with Crippen LogP contribution in [0.2, 0.25) is 0 Å². The topological polar surface area (TPSA) is 58.6 Å². The van der Waals surface area contributed by atoms with Crippen molar-refractivity contribution in [3.63, 3.8) is 0 Å². The number of rotatable bonds is 8. The molecule has 0 saturated carbocycles. The minimum Gasteiger partial charge on any atom is -0.379 e. The van der Waals surface area contributed by atoms with Gasteiger partial charge in [0.25, 0.3) is 0 Å². The Morgan fingerprint density at radius 1 is 1.36 bits per heavy atom. The summed E-state index contributed by atoms with van der Waals surface area (Å²) in [5.41, 5.74) is 1.11. The number of carbonyl (C=O) groups is 2. The number of para-hydroxylation sites is 1. The molecule has 5 nitrogen and oxygen atoms in total. The zero-order valence-corrected chi connectivity index (χ0v) is 15.8. The lowest BCUT2D eigenvalue weighted by Gasteiger charge is -2.35. The average Bonchev–Trinajstić information content (AvgIpc) is 2.90. The smallest absolute Gasteiger partial charge is 0.246 e. The lowest BCUT2D eigenvalue weighted by Crippen LogP contribution is -2.55. The highest BCUT2D eigenvalue weighted by atomic mass is 16.5. The van der Waals surface area contributed by atoms with Crippen LogP contribution in [-0.4, -0.2) is 36.6 Å². The summed E-state index contributed by atoms with van der Waals surface area (Å²) in [5, 5.41) is 2.98. The van der Waals surface area contributed by atoms with Gasteiger partial charge in [0.15, 0.2) is 0 Å². The molecule has 2 amide bonds. The number of benzene rings is 1. The molecule has 0 unspecified atom stereocenters. The monoisotopic (exact) mass is 346 g/mol. The van der Waals surface area contributed by atoms with Crippen molar-refractivity contribution in [2.75, 3.05) is 18.1 Å². The van der Waals surface area contributed by atoms with Crippen molar-refractivity contribution in [2.45, 2.75) is 65.0 Å². The van der Waals surface area contributed by atoms with Crippen LogP contribution >= 0.6 is 0 Å². The Labute approximate surface area is 150 Å². The summed E-state index contributed by atoms with van der Waals surface area (Å²) in [4.78, 5) is 27.1. The van der Waals surface area contributed by atoms with Gasteiger partial charge in [-0.2, -0.15) is 0 Å². The van der Waals surface area contributed by atoms with E-state index in [1.807, 2.05) is 45.0 Å². The van der Waals surface area contributed by atoms with E-state index in [-0.39, 0.29) is 17.9 Å². The predicted molar refractivity (Wildman–Crippen MR) is 99.7 cm³/mol. The summed E-state index contributed by atoms with van der Waals surface area (Å²) in [7, 11) is 0. The first-order chi connectivity index (χ1) is 11.9. The van der Waals surface area contributed by atoms with Crippen molar-refractivity contribution in [3.8, 4) is 0 Å². The van der Waals surface area contributed by atoms with Crippen LogP contribution in [0.5, 0.6) is 0 Å². The van der Waals surface area contributed by atoms with Gasteiger partial charge >= 0.3 is 0 Å². The van der Waals surface area contributed by atoms with Crippen molar-refractivity contribution in [3.05, 3.63) is 29.8 Å². The van der Waals surface area contributed by atoms with Crippen LogP contribution in [0.1, 0.15) is 52.5 Å². The molecular weight excluding hydrogens is 316 g/mol. The van der Waals surface area contributed by atoms with Crippen LogP contribution in [0.4, 0.5) is 5.69 Å². The zero-order chi connectivity index (χ0) is 18.4. The van der Waals surface area contributed by atoms with Gasteiger partial charge < -0.3 is 10.1 Å². The van der Waals surface area contributed by atoms with Crippen LogP contribution in [0, 0.1) is 0 Å². The molecule has 0 bridgehead atoms. The molecule has 0 aliphatic carbocycles. The molecule has 1 aliphatic rings. The highest BCUT2D eigenvalue weighted by Crippen LogP contribution is 2.37. The Kier molecular flexibility index (Phi) is 6.59. The molecule has 1 aromatic carbocycles. The van der Waals surface area contributed by atoms with E-state index < -0.39 is 5.54 Å². The normalized spacial score (nSPS) is 20.4. The highest BCUT2D eigenvalue weighted by molar-refractivity contribution is 6.06. The van der Waals surface area contributed by atoms with Crippen molar-refractivity contribution in [2.24, 2.45) is 0 Å². The first-order valence-electron chi connectivity index (χ1n) is 9.21. The maximum Gasteiger partial charge on any atom is 0.246 e. The van der Waals surface area contributed by atoms with Crippen LogP contribution < -0.4 is 10.2 Å². The Balaban J connectivity index is 2.09. The van der Waals surface area contributed by atoms with Gasteiger partial charge in [-0.1, -0.05) is 25.1 Å². The molecule has 138 valence electrons. The molecule has 1 atom stereocenters. The fraction of sp³-hybridized carbons (Fsp3) is 0.600. The van der Waals surface area contributed by atoms with Gasteiger partial charge in [0.2, 0.25) is 11.8 Å². The van der Waals surface area contributed by atoms with Gasteiger partial charge in [-0.25, -0.2) is 0 Å². The molecular formula is C20H30N2O3. The van der Waals surface area contributed by atoms with E-state index in [2.05, 4.69) is 12.2 Å². The number of nitrogens with one attached hydrogen (secondary N) is 1. The number of amides is 2. The van der Waals surface area contributed by atoms with E-state index in [0.29, 0.717) is 26.0 Å². The maximum absolute atomic E-state index is 12.8. The quantitative estimate of drug-likeness (QED) is 0.736. The van der Waals surface area contributed by atoms with Gasteiger partial charge in [0.05, 0.1) is 6.10 Å². The lowest BCUT2D eigenvalue weighted by atomic mass is 9.96. The third-order valence-corrected chi connectivity index (χ3v) is 4.73. The van der Waals surface area contributed by atoms with Crippen LogP contribution in [-0.2, 0) is 20.7 Å². The van der Waals surface area contributed by atoms with Crippen LogP contribution in [0.15, 0.2) is 24.3 Å². The predicted octanol–water partition coefficient (Wildman–Crippen LogP) is 3.07. The molecule has 1 N–H and O–H groups in total. The van der Waals surface area contributed by atoms with Gasteiger partial charge in [0, 0.05) is 25.3 Å². The number of ether oxygens (including phenoxy) is 1. The summed E-state index contributed by atoms with van der Waals surface area (Å²) in [6.07, 6.45) is 2.72. The van der Waals surface area contributed by atoms with Crippen LogP contribution in [0.25, 0.3) is 0 Å². The summed E-state index contributed by atoms with van der Waals surface area (Å²) in [6.45, 7) is 9.09. The summed E-state index contributed by atoms with van der Waals surface area (Å²) in [5.74, 6) is -0.0736. The molecule has 1 heterocycles. The molecule has 0 radical (unpaired) electrons. The Morgan fingerprint density at radius 3 is 2.76 bits per heavy atom. The second-order valence-corrected chi connectivity index (χ2v) is 7.01. The fourth-order valence-electron chi connectivity index (χ4n) is 3.28. The van der Waals surface area contributed by atoms with E-state index in [0.717, 1.165) is 24.1 Å². The summed E-state index contributed by atoms with van der Waals surface area (Å²) < 4.78 is 5.50. The van der Waals surface area contributed by atoms with E-state index in [4.69, 9.17) is 4.74 Å². The highest BCUT2D eigenvalue weighted by Gasteiger charge is 2.48. The SMILES string of the molecule is CCc1ccccc1N1C(=O)CC[C@@]1(C)C(=O)NCCCOC(C)C. The van der Waals surface area contributed by atoms with Crippen molar-refractivity contribution < 1.29 is 14.3 Å². The third kappa shape index (κ3) is 4.40. The summed E-state index contributed by atoms with van der Waals surface area (Å²) >= 11 is 0. The number of carbonyl (C=O) groups excluding carboxylic acids is 2. The van der Waals surface area contributed by atoms with E-state index in [1.165, 1.54) is 0 Å². The van der Waals surface area contributed by atoms with E-state index in [9.17, 15) is 9.59 Å². The molecule has 0 aromatic heterocycles. The Morgan fingerprint density at radius 2 is 2.08 bits per heavy atom. The van der Waals surface area contributed by atoms with Gasteiger partial charge in [-0.05, 0) is 51.7 Å². The van der Waals surface area contributed by atoms with Crippen molar-refractivity contribution >= 4 is 17.5 Å². The first kappa shape index (κ1) is 19.4. The maximum atomic E-state index is 12.8. The fourth-order valence-corrected chi connectivity index (χ4v) is 3.28. The standard InChI is InChI=1S/C20H30N2O3/c1-5-16-9-6-7-10-17(16)22-18(23)11-12-20(22,4)19(24)21-13-8-14-25-15(2)3/h6-7,9-10,15H,5,8,11-14H2,1-4H3,(H,21,24)/t20-/m0/s1. The first-order valence-corrected chi connectivity index (χ1v) is 9.21. The van der Waals surface area contributed by atoms with E-state index >= 15 is 0 Å². The number of hydrogen-bond acceptors (Lipinski definition) is 3. The molecule has 1 saturated heterocycles.